The van der Waals surface area contributed by atoms with Crippen LogP contribution in [-0.2, 0) is 29.6 Å². The molecule has 1 N–H and O–H groups in total. The Bertz CT molecular complexity index is 907. The van der Waals surface area contributed by atoms with E-state index in [0.717, 1.165) is 37.3 Å². The predicted molar refractivity (Wildman–Crippen MR) is 117 cm³/mol. The van der Waals surface area contributed by atoms with Gasteiger partial charge in [-0.1, -0.05) is 32.9 Å². The summed E-state index contributed by atoms with van der Waals surface area (Å²) in [6.45, 7) is 11.4. The summed E-state index contributed by atoms with van der Waals surface area (Å²) >= 11 is 0. The predicted octanol–water partition coefficient (Wildman–Crippen LogP) is 4.24. The SMILES string of the molecule is Cc1cc(CC(=O)N2CCc3c(cc(C(C)(C)C)cc3[C@@H]3CCCN3)C2)ccn1. The number of benzene rings is 1. The van der Waals surface area contributed by atoms with Gasteiger partial charge in [-0.05, 0) is 78.1 Å². The number of pyridine rings is 1. The number of hydrogen-bond donors (Lipinski definition) is 1. The lowest BCUT2D eigenvalue weighted by atomic mass is 9.80. The Morgan fingerprint density at radius 1 is 1.28 bits per heavy atom. The highest BCUT2D eigenvalue weighted by molar-refractivity contribution is 5.79. The molecule has 4 heteroatoms. The van der Waals surface area contributed by atoms with Crippen LogP contribution in [0.5, 0.6) is 0 Å². The molecule has 4 rings (SSSR count). The summed E-state index contributed by atoms with van der Waals surface area (Å²) in [5.74, 6) is 0.211. The van der Waals surface area contributed by atoms with Crippen LogP contribution in [0.15, 0.2) is 30.5 Å². The Morgan fingerprint density at radius 2 is 2.10 bits per heavy atom. The molecule has 154 valence electrons. The second-order valence-electron chi connectivity index (χ2n) is 9.65. The van der Waals surface area contributed by atoms with E-state index in [0.29, 0.717) is 12.5 Å². The zero-order chi connectivity index (χ0) is 20.6. The molecular formula is C25H33N3O. The highest BCUT2D eigenvalue weighted by atomic mass is 16.2. The maximum absolute atomic E-state index is 13.0. The van der Waals surface area contributed by atoms with Gasteiger partial charge >= 0.3 is 0 Å². The summed E-state index contributed by atoms with van der Waals surface area (Å²) in [6.07, 6.45) is 5.65. The number of hydrogen-bond acceptors (Lipinski definition) is 3. The van der Waals surface area contributed by atoms with Gasteiger partial charge in [0.25, 0.3) is 0 Å². The van der Waals surface area contributed by atoms with E-state index < -0.39 is 0 Å². The lowest BCUT2D eigenvalue weighted by molar-refractivity contribution is -0.131. The molecule has 0 radical (unpaired) electrons. The average molecular weight is 392 g/mol. The normalized spacial score (nSPS) is 19.3. The minimum absolute atomic E-state index is 0.100. The molecule has 1 fully saturated rings. The van der Waals surface area contributed by atoms with Crippen molar-refractivity contribution < 1.29 is 4.79 Å². The molecule has 0 unspecified atom stereocenters. The van der Waals surface area contributed by atoms with Crippen molar-refractivity contribution in [3.05, 3.63) is 64.0 Å². The maximum atomic E-state index is 13.0. The molecule has 2 aromatic rings. The number of aromatic nitrogens is 1. The van der Waals surface area contributed by atoms with Crippen LogP contribution in [0.3, 0.4) is 0 Å². The van der Waals surface area contributed by atoms with Crippen molar-refractivity contribution in [1.82, 2.24) is 15.2 Å². The quantitative estimate of drug-likeness (QED) is 0.851. The average Bonchev–Trinajstić information content (AvgIpc) is 3.20. The Balaban J connectivity index is 1.60. The number of rotatable bonds is 3. The number of amides is 1. The summed E-state index contributed by atoms with van der Waals surface area (Å²) in [4.78, 5) is 19.3. The zero-order valence-electron chi connectivity index (χ0n) is 18.2. The molecule has 1 aromatic carbocycles. The van der Waals surface area contributed by atoms with Gasteiger partial charge in [-0.25, -0.2) is 0 Å². The van der Waals surface area contributed by atoms with Gasteiger partial charge in [-0.3, -0.25) is 9.78 Å². The number of fused-ring (bicyclic) bond motifs is 1. The number of aryl methyl sites for hydroxylation is 1. The van der Waals surface area contributed by atoms with E-state index in [9.17, 15) is 4.79 Å². The molecule has 0 spiro atoms. The van der Waals surface area contributed by atoms with Gasteiger partial charge in [-0.15, -0.1) is 0 Å². The highest BCUT2D eigenvalue weighted by Crippen LogP contribution is 2.36. The van der Waals surface area contributed by atoms with Crippen molar-refractivity contribution in [3.63, 3.8) is 0 Å². The van der Waals surface area contributed by atoms with Crippen LogP contribution in [0.1, 0.15) is 73.2 Å². The monoisotopic (exact) mass is 391 g/mol. The minimum atomic E-state index is 0.100. The largest absolute Gasteiger partial charge is 0.338 e. The van der Waals surface area contributed by atoms with Crippen LogP contribution in [0, 0.1) is 6.92 Å². The summed E-state index contributed by atoms with van der Waals surface area (Å²) in [7, 11) is 0. The van der Waals surface area contributed by atoms with E-state index >= 15 is 0 Å². The van der Waals surface area contributed by atoms with E-state index in [1.165, 1.54) is 35.1 Å². The fourth-order valence-corrected chi connectivity index (χ4v) is 4.64. The van der Waals surface area contributed by atoms with Gasteiger partial charge < -0.3 is 10.2 Å². The molecule has 0 saturated carbocycles. The number of nitrogens with one attached hydrogen (secondary N) is 1. The standard InChI is InChI=1S/C25H33N3O/c1-17-12-18(7-10-26-17)13-24(29)28-11-8-21-19(16-28)14-20(25(2,3)4)15-22(21)23-6-5-9-27-23/h7,10,12,14-15,23,27H,5-6,8-9,11,13,16H2,1-4H3/t23-/m0/s1. The summed E-state index contributed by atoms with van der Waals surface area (Å²) in [5.41, 5.74) is 7.77. The van der Waals surface area contributed by atoms with Crippen molar-refractivity contribution in [2.75, 3.05) is 13.1 Å². The van der Waals surface area contributed by atoms with E-state index in [1.54, 1.807) is 6.20 Å². The van der Waals surface area contributed by atoms with E-state index in [1.807, 2.05) is 24.0 Å². The van der Waals surface area contributed by atoms with Crippen LogP contribution in [-0.4, -0.2) is 28.9 Å². The summed E-state index contributed by atoms with van der Waals surface area (Å²) in [5, 5.41) is 3.69. The van der Waals surface area contributed by atoms with Crippen LogP contribution in [0.25, 0.3) is 0 Å². The van der Waals surface area contributed by atoms with Gasteiger partial charge in [-0.2, -0.15) is 0 Å². The molecule has 1 saturated heterocycles. The van der Waals surface area contributed by atoms with Crippen LogP contribution < -0.4 is 5.32 Å². The molecule has 29 heavy (non-hydrogen) atoms. The van der Waals surface area contributed by atoms with Gasteiger partial charge in [0, 0.05) is 31.0 Å². The fraction of sp³-hybridized carbons (Fsp3) is 0.520. The Kier molecular flexibility index (Phi) is 5.48. The van der Waals surface area contributed by atoms with Crippen LogP contribution in [0.2, 0.25) is 0 Å². The minimum Gasteiger partial charge on any atom is -0.338 e. The molecule has 0 bridgehead atoms. The summed E-state index contributed by atoms with van der Waals surface area (Å²) in [6, 6.07) is 9.21. The number of nitrogens with zero attached hydrogens (tertiary/aromatic N) is 2. The smallest absolute Gasteiger partial charge is 0.227 e. The molecule has 2 aliphatic heterocycles. The first-order valence-corrected chi connectivity index (χ1v) is 10.9. The second kappa shape index (κ2) is 7.91. The molecule has 1 amide bonds. The zero-order valence-corrected chi connectivity index (χ0v) is 18.2. The first-order valence-electron chi connectivity index (χ1n) is 10.9. The van der Waals surface area contributed by atoms with Crippen molar-refractivity contribution in [1.29, 1.82) is 0 Å². The molecule has 0 aliphatic carbocycles. The third-order valence-electron chi connectivity index (χ3n) is 6.34. The van der Waals surface area contributed by atoms with E-state index in [-0.39, 0.29) is 11.3 Å². The van der Waals surface area contributed by atoms with Gasteiger partial charge in [0.15, 0.2) is 0 Å². The Morgan fingerprint density at radius 3 is 2.79 bits per heavy atom. The van der Waals surface area contributed by atoms with E-state index in [4.69, 9.17) is 0 Å². The lowest BCUT2D eigenvalue weighted by Gasteiger charge is -2.33. The van der Waals surface area contributed by atoms with Gasteiger partial charge in [0.05, 0.1) is 6.42 Å². The first kappa shape index (κ1) is 20.1. The summed E-state index contributed by atoms with van der Waals surface area (Å²) < 4.78 is 0. The van der Waals surface area contributed by atoms with Crippen molar-refractivity contribution in [2.45, 2.75) is 71.4 Å². The van der Waals surface area contributed by atoms with Crippen LogP contribution >= 0.6 is 0 Å². The highest BCUT2D eigenvalue weighted by Gasteiger charge is 2.29. The Labute approximate surface area is 174 Å². The molecule has 3 heterocycles. The van der Waals surface area contributed by atoms with Gasteiger partial charge in [0.1, 0.15) is 0 Å². The van der Waals surface area contributed by atoms with Crippen molar-refractivity contribution in [2.24, 2.45) is 0 Å². The molecular weight excluding hydrogens is 358 g/mol. The molecule has 2 aliphatic rings. The topological polar surface area (TPSA) is 45.2 Å². The third kappa shape index (κ3) is 4.37. The van der Waals surface area contributed by atoms with E-state index in [2.05, 4.69) is 43.2 Å². The maximum Gasteiger partial charge on any atom is 0.227 e. The van der Waals surface area contributed by atoms with Gasteiger partial charge in [0.2, 0.25) is 5.91 Å². The number of carbonyl (C=O) groups is 1. The van der Waals surface area contributed by atoms with Crippen molar-refractivity contribution in [3.8, 4) is 0 Å². The molecule has 4 nitrogen and oxygen atoms in total. The van der Waals surface area contributed by atoms with Crippen molar-refractivity contribution >= 4 is 5.91 Å². The number of carbonyl (C=O) groups excluding carboxylic acids is 1. The first-order chi connectivity index (χ1) is 13.8. The lowest BCUT2D eigenvalue weighted by Crippen LogP contribution is -2.38. The van der Waals surface area contributed by atoms with Crippen LogP contribution in [0.4, 0.5) is 0 Å². The Hall–Kier alpha value is -2.20. The second-order valence-corrected chi connectivity index (χ2v) is 9.65. The third-order valence-corrected chi connectivity index (χ3v) is 6.34. The fourth-order valence-electron chi connectivity index (χ4n) is 4.64. The molecule has 1 atom stereocenters. The molecule has 1 aromatic heterocycles.